The average Bonchev–Trinajstić information content (AvgIpc) is 2.51. The minimum Gasteiger partial charge on any atom is -0.447 e. The summed E-state index contributed by atoms with van der Waals surface area (Å²) in [5.41, 5.74) is 5.78. The van der Waals surface area contributed by atoms with Gasteiger partial charge in [0.15, 0.2) is 0 Å². The number of carbonyl (C=O) groups is 2. The van der Waals surface area contributed by atoms with Crippen LogP contribution in [0.4, 0.5) is 0 Å². The number of benzene rings is 1. The van der Waals surface area contributed by atoms with Gasteiger partial charge in [0.1, 0.15) is 0 Å². The van der Waals surface area contributed by atoms with Crippen LogP contribution in [0.15, 0.2) is 30.3 Å². The van der Waals surface area contributed by atoms with Crippen molar-refractivity contribution in [2.45, 2.75) is 44.6 Å². The number of esters is 1. The molecular weight excluding hydrogens is 290 g/mol. The van der Waals surface area contributed by atoms with Gasteiger partial charge in [-0.2, -0.15) is 0 Å². The maximum Gasteiger partial charge on any atom is 0.313 e. The summed E-state index contributed by atoms with van der Waals surface area (Å²) in [5.74, 6) is 1.19. The number of carbonyl (C=O) groups excluding carboxylic acids is 2. The zero-order chi connectivity index (χ0) is 16.0. The summed E-state index contributed by atoms with van der Waals surface area (Å²) < 4.78 is 5.67. The zero-order valence-electron chi connectivity index (χ0n) is 13.2. The fraction of sp³-hybridized carbons (Fsp3) is 0.579. The molecule has 122 valence electrons. The van der Waals surface area contributed by atoms with Crippen LogP contribution >= 0.6 is 0 Å². The Labute approximate surface area is 136 Å². The molecule has 4 bridgehead atoms. The number of primary amides is 1. The normalized spacial score (nSPS) is 35.7. The van der Waals surface area contributed by atoms with Crippen LogP contribution in [0.5, 0.6) is 0 Å². The Morgan fingerprint density at radius 1 is 1.00 bits per heavy atom. The topological polar surface area (TPSA) is 69.4 Å². The van der Waals surface area contributed by atoms with Crippen LogP contribution in [-0.2, 0) is 14.3 Å². The molecule has 0 aromatic heterocycles. The molecule has 4 fully saturated rings. The first-order valence-corrected chi connectivity index (χ1v) is 8.61. The number of amides is 1. The van der Waals surface area contributed by atoms with Gasteiger partial charge in [0.25, 0.3) is 5.91 Å². The average molecular weight is 313 g/mol. The van der Waals surface area contributed by atoms with Gasteiger partial charge in [-0.15, -0.1) is 0 Å². The lowest BCUT2D eigenvalue weighted by Crippen LogP contribution is -2.51. The molecule has 2 N–H and O–H groups in total. The molecule has 0 saturated heterocycles. The van der Waals surface area contributed by atoms with Crippen molar-refractivity contribution in [3.05, 3.63) is 35.9 Å². The van der Waals surface area contributed by atoms with Crippen LogP contribution < -0.4 is 5.73 Å². The second-order valence-corrected chi connectivity index (χ2v) is 7.80. The van der Waals surface area contributed by atoms with Crippen LogP contribution in [0.2, 0.25) is 0 Å². The molecule has 5 rings (SSSR count). The summed E-state index contributed by atoms with van der Waals surface area (Å²) in [6.45, 7) is 0. The van der Waals surface area contributed by atoms with Crippen molar-refractivity contribution in [2.75, 3.05) is 0 Å². The number of ether oxygens (including phenoxy) is 1. The largest absolute Gasteiger partial charge is 0.447 e. The van der Waals surface area contributed by atoms with E-state index in [1.165, 1.54) is 19.3 Å². The molecule has 4 saturated carbocycles. The van der Waals surface area contributed by atoms with E-state index in [4.69, 9.17) is 10.5 Å². The van der Waals surface area contributed by atoms with Crippen LogP contribution in [0.25, 0.3) is 0 Å². The molecule has 4 heteroatoms. The molecule has 0 aliphatic heterocycles. The minimum atomic E-state index is -0.975. The first kappa shape index (κ1) is 14.7. The van der Waals surface area contributed by atoms with E-state index in [2.05, 4.69) is 0 Å². The standard InChI is InChI=1S/C19H23NO3/c20-17(21)16(15-4-2-1-3-5-15)23-18(22)19-9-12-6-13(10-19)8-14(7-12)11-19/h1-5,12-14,16H,6-11H2,(H2,20,21). The van der Waals surface area contributed by atoms with Gasteiger partial charge in [-0.25, -0.2) is 0 Å². The van der Waals surface area contributed by atoms with Gasteiger partial charge < -0.3 is 10.5 Å². The quantitative estimate of drug-likeness (QED) is 0.869. The van der Waals surface area contributed by atoms with E-state index in [0.717, 1.165) is 19.3 Å². The molecule has 1 amide bonds. The predicted molar refractivity (Wildman–Crippen MR) is 85.1 cm³/mol. The Morgan fingerprint density at radius 2 is 1.52 bits per heavy atom. The highest BCUT2D eigenvalue weighted by molar-refractivity contribution is 5.85. The summed E-state index contributed by atoms with van der Waals surface area (Å²) >= 11 is 0. The SMILES string of the molecule is NC(=O)C(OC(=O)C12CC3CC(CC(C3)C1)C2)c1ccccc1. The fourth-order valence-corrected chi connectivity index (χ4v) is 5.51. The van der Waals surface area contributed by atoms with Gasteiger partial charge >= 0.3 is 5.97 Å². The first-order chi connectivity index (χ1) is 11.1. The lowest BCUT2D eigenvalue weighted by atomic mass is 9.49. The van der Waals surface area contributed by atoms with E-state index in [9.17, 15) is 9.59 Å². The molecule has 0 spiro atoms. The highest BCUT2D eigenvalue weighted by Gasteiger charge is 2.56. The molecule has 1 unspecified atom stereocenters. The molecular formula is C19H23NO3. The lowest BCUT2D eigenvalue weighted by molar-refractivity contribution is -0.179. The maximum atomic E-state index is 13.0. The van der Waals surface area contributed by atoms with E-state index in [0.29, 0.717) is 23.3 Å². The third kappa shape index (κ3) is 2.54. The van der Waals surface area contributed by atoms with Gasteiger partial charge in [-0.1, -0.05) is 30.3 Å². The van der Waals surface area contributed by atoms with Gasteiger partial charge in [0.2, 0.25) is 6.10 Å². The van der Waals surface area contributed by atoms with Crippen molar-refractivity contribution in [2.24, 2.45) is 28.9 Å². The molecule has 23 heavy (non-hydrogen) atoms. The Bertz CT molecular complexity index is 589. The van der Waals surface area contributed by atoms with Crippen molar-refractivity contribution in [3.8, 4) is 0 Å². The fourth-order valence-electron chi connectivity index (χ4n) is 5.51. The van der Waals surface area contributed by atoms with E-state index in [-0.39, 0.29) is 11.4 Å². The molecule has 4 nitrogen and oxygen atoms in total. The predicted octanol–water partition coefficient (Wildman–Crippen LogP) is 2.97. The molecule has 1 aromatic rings. The molecule has 1 aromatic carbocycles. The Hall–Kier alpha value is -1.84. The van der Waals surface area contributed by atoms with E-state index < -0.39 is 12.0 Å². The monoisotopic (exact) mass is 313 g/mol. The third-order valence-electron chi connectivity index (χ3n) is 6.06. The second kappa shape index (κ2) is 5.36. The number of hydrogen-bond acceptors (Lipinski definition) is 3. The maximum absolute atomic E-state index is 13.0. The Morgan fingerprint density at radius 3 is 2.00 bits per heavy atom. The van der Waals surface area contributed by atoms with Crippen LogP contribution in [0.1, 0.15) is 50.2 Å². The number of nitrogens with two attached hydrogens (primary N) is 1. The summed E-state index contributed by atoms with van der Waals surface area (Å²) in [6, 6.07) is 9.07. The van der Waals surface area contributed by atoms with Gasteiger partial charge in [0, 0.05) is 5.56 Å². The summed E-state index contributed by atoms with van der Waals surface area (Å²) in [7, 11) is 0. The highest BCUT2D eigenvalue weighted by Crippen LogP contribution is 2.60. The van der Waals surface area contributed by atoms with E-state index in [1.54, 1.807) is 12.1 Å². The smallest absolute Gasteiger partial charge is 0.313 e. The lowest BCUT2D eigenvalue weighted by Gasteiger charge is -2.55. The van der Waals surface area contributed by atoms with Gasteiger partial charge in [0.05, 0.1) is 5.41 Å². The summed E-state index contributed by atoms with van der Waals surface area (Å²) in [4.78, 5) is 24.8. The van der Waals surface area contributed by atoms with Crippen LogP contribution in [-0.4, -0.2) is 11.9 Å². The van der Waals surface area contributed by atoms with Gasteiger partial charge in [-0.3, -0.25) is 9.59 Å². The van der Waals surface area contributed by atoms with Crippen LogP contribution in [0.3, 0.4) is 0 Å². The Kier molecular flexibility index (Phi) is 3.43. The molecule has 0 radical (unpaired) electrons. The second-order valence-electron chi connectivity index (χ2n) is 7.80. The Balaban J connectivity index is 1.56. The summed E-state index contributed by atoms with van der Waals surface area (Å²) in [5, 5.41) is 0. The van der Waals surface area contributed by atoms with Gasteiger partial charge in [-0.05, 0) is 56.3 Å². The third-order valence-corrected chi connectivity index (χ3v) is 6.06. The minimum absolute atomic E-state index is 0.204. The van der Waals surface area contributed by atoms with E-state index >= 15 is 0 Å². The van der Waals surface area contributed by atoms with Crippen LogP contribution in [0, 0.1) is 23.2 Å². The molecule has 4 aliphatic carbocycles. The zero-order valence-corrected chi connectivity index (χ0v) is 13.2. The summed E-state index contributed by atoms with van der Waals surface area (Å²) in [6.07, 6.45) is 5.62. The molecule has 4 aliphatic rings. The molecule has 0 heterocycles. The van der Waals surface area contributed by atoms with Crippen molar-refractivity contribution in [1.82, 2.24) is 0 Å². The highest BCUT2D eigenvalue weighted by atomic mass is 16.5. The number of rotatable bonds is 4. The molecule has 1 atom stereocenters. The van der Waals surface area contributed by atoms with Crippen molar-refractivity contribution < 1.29 is 14.3 Å². The van der Waals surface area contributed by atoms with Crippen molar-refractivity contribution >= 4 is 11.9 Å². The van der Waals surface area contributed by atoms with Crippen molar-refractivity contribution in [3.63, 3.8) is 0 Å². The van der Waals surface area contributed by atoms with Crippen molar-refractivity contribution in [1.29, 1.82) is 0 Å². The number of hydrogen-bond donors (Lipinski definition) is 1. The first-order valence-electron chi connectivity index (χ1n) is 8.61. The van der Waals surface area contributed by atoms with E-state index in [1.807, 2.05) is 18.2 Å².